The Labute approximate surface area is 136 Å². The van der Waals surface area contributed by atoms with Crippen LogP contribution in [0.25, 0.3) is 10.9 Å². The first-order valence-electron chi connectivity index (χ1n) is 8.34. The van der Waals surface area contributed by atoms with Gasteiger partial charge in [0.25, 0.3) is 0 Å². The van der Waals surface area contributed by atoms with E-state index < -0.39 is 0 Å². The van der Waals surface area contributed by atoms with Crippen LogP contribution in [0.5, 0.6) is 11.5 Å². The summed E-state index contributed by atoms with van der Waals surface area (Å²) in [5.74, 6) is 1.47. The van der Waals surface area contributed by atoms with Crippen LogP contribution < -0.4 is 14.4 Å². The number of aliphatic hydroxyl groups excluding tert-OH is 1. The molecular formula is C18H24N2O3. The predicted molar refractivity (Wildman–Crippen MR) is 91.5 cm³/mol. The van der Waals surface area contributed by atoms with Gasteiger partial charge in [0.15, 0.2) is 11.5 Å². The summed E-state index contributed by atoms with van der Waals surface area (Å²) in [6.07, 6.45) is 3.94. The summed E-state index contributed by atoms with van der Waals surface area (Å²) in [4.78, 5) is 6.76. The Morgan fingerprint density at radius 3 is 2.65 bits per heavy atom. The lowest BCUT2D eigenvalue weighted by Crippen LogP contribution is -2.32. The van der Waals surface area contributed by atoms with Gasteiger partial charge in [-0.25, -0.2) is 0 Å². The molecule has 0 bridgehead atoms. The maximum atomic E-state index is 9.62. The van der Waals surface area contributed by atoms with Crippen molar-refractivity contribution in [3.05, 3.63) is 24.4 Å². The Morgan fingerprint density at radius 2 is 1.96 bits per heavy atom. The van der Waals surface area contributed by atoms with Gasteiger partial charge in [0.05, 0.1) is 31.4 Å². The van der Waals surface area contributed by atoms with E-state index >= 15 is 0 Å². The lowest BCUT2D eigenvalue weighted by atomic mass is 10.1. The van der Waals surface area contributed by atoms with Crippen LogP contribution in [0.1, 0.15) is 26.7 Å². The molecule has 0 unspecified atom stereocenters. The van der Waals surface area contributed by atoms with Crippen LogP contribution in [0.15, 0.2) is 24.4 Å². The van der Waals surface area contributed by atoms with Crippen LogP contribution in [-0.4, -0.2) is 42.5 Å². The summed E-state index contributed by atoms with van der Waals surface area (Å²) in [6, 6.07) is 6.16. The SMILES string of the molecule is CCOc1cc2nccc(N3CCC[C@H]3CO)c2cc1OCC. The van der Waals surface area contributed by atoms with Crippen LogP contribution in [0.3, 0.4) is 0 Å². The topological polar surface area (TPSA) is 54.8 Å². The molecule has 124 valence electrons. The van der Waals surface area contributed by atoms with Crippen LogP contribution in [0.4, 0.5) is 5.69 Å². The molecule has 0 amide bonds. The van der Waals surface area contributed by atoms with Crippen molar-refractivity contribution in [3.8, 4) is 11.5 Å². The molecule has 1 fully saturated rings. The molecule has 3 rings (SSSR count). The minimum absolute atomic E-state index is 0.180. The van der Waals surface area contributed by atoms with Crippen molar-refractivity contribution in [1.82, 2.24) is 4.98 Å². The van der Waals surface area contributed by atoms with E-state index in [0.29, 0.717) is 13.2 Å². The molecule has 1 atom stereocenters. The summed E-state index contributed by atoms with van der Waals surface area (Å²) < 4.78 is 11.4. The molecule has 1 saturated heterocycles. The van der Waals surface area contributed by atoms with E-state index in [2.05, 4.69) is 9.88 Å². The standard InChI is InChI=1S/C18H24N2O3/c1-3-22-17-10-14-15(11-18(17)23-4-2)19-8-7-16(14)20-9-5-6-13(20)12-21/h7-8,10-11,13,21H,3-6,9,12H2,1-2H3/t13-/m0/s1. The molecule has 0 spiro atoms. The first-order valence-corrected chi connectivity index (χ1v) is 8.34. The van der Waals surface area contributed by atoms with E-state index in [1.165, 1.54) is 0 Å². The number of aliphatic hydroxyl groups is 1. The van der Waals surface area contributed by atoms with Gasteiger partial charge in [0, 0.05) is 29.9 Å². The van der Waals surface area contributed by atoms with Gasteiger partial charge < -0.3 is 19.5 Å². The lowest BCUT2D eigenvalue weighted by Gasteiger charge is -2.26. The summed E-state index contributed by atoms with van der Waals surface area (Å²) in [5, 5.41) is 10.7. The van der Waals surface area contributed by atoms with E-state index in [-0.39, 0.29) is 12.6 Å². The molecule has 2 aromatic rings. The summed E-state index contributed by atoms with van der Waals surface area (Å²) in [5.41, 5.74) is 1.99. The number of benzene rings is 1. The van der Waals surface area contributed by atoms with E-state index in [1.807, 2.05) is 38.2 Å². The second-order valence-corrected chi connectivity index (χ2v) is 5.68. The Balaban J connectivity index is 2.10. The van der Waals surface area contributed by atoms with Crippen molar-refractivity contribution in [2.24, 2.45) is 0 Å². The van der Waals surface area contributed by atoms with Gasteiger partial charge in [0.1, 0.15) is 0 Å². The van der Waals surface area contributed by atoms with E-state index in [0.717, 1.165) is 47.5 Å². The molecule has 1 aromatic carbocycles. The average molecular weight is 316 g/mol. The smallest absolute Gasteiger partial charge is 0.163 e. The molecule has 1 aliphatic rings. The third-order valence-corrected chi connectivity index (χ3v) is 4.28. The molecule has 1 aromatic heterocycles. The van der Waals surface area contributed by atoms with Crippen LogP contribution in [0, 0.1) is 0 Å². The Bertz CT molecular complexity index is 675. The number of ether oxygens (including phenoxy) is 2. The first kappa shape index (κ1) is 15.9. The molecule has 1 N–H and O–H groups in total. The first-order chi connectivity index (χ1) is 11.3. The van der Waals surface area contributed by atoms with Crippen molar-refractivity contribution < 1.29 is 14.6 Å². The highest BCUT2D eigenvalue weighted by Crippen LogP contribution is 2.38. The Morgan fingerprint density at radius 1 is 1.22 bits per heavy atom. The van der Waals surface area contributed by atoms with Gasteiger partial charge in [-0.15, -0.1) is 0 Å². The number of nitrogens with zero attached hydrogens (tertiary/aromatic N) is 2. The Hall–Kier alpha value is -2.01. The van der Waals surface area contributed by atoms with Gasteiger partial charge in [-0.1, -0.05) is 0 Å². The fourth-order valence-corrected chi connectivity index (χ4v) is 3.27. The number of rotatable bonds is 6. The van der Waals surface area contributed by atoms with Crippen LogP contribution >= 0.6 is 0 Å². The zero-order valence-corrected chi connectivity index (χ0v) is 13.8. The summed E-state index contributed by atoms with van der Waals surface area (Å²) in [6.45, 7) is 6.24. The molecule has 23 heavy (non-hydrogen) atoms. The zero-order chi connectivity index (χ0) is 16.2. The van der Waals surface area contributed by atoms with E-state index in [1.54, 1.807) is 0 Å². The lowest BCUT2D eigenvalue weighted by molar-refractivity contribution is 0.266. The van der Waals surface area contributed by atoms with Gasteiger partial charge >= 0.3 is 0 Å². The second kappa shape index (κ2) is 7.04. The monoisotopic (exact) mass is 316 g/mol. The molecular weight excluding hydrogens is 292 g/mol. The third-order valence-electron chi connectivity index (χ3n) is 4.28. The number of hydrogen-bond acceptors (Lipinski definition) is 5. The van der Waals surface area contributed by atoms with Gasteiger partial charge in [-0.05, 0) is 38.8 Å². The second-order valence-electron chi connectivity index (χ2n) is 5.68. The maximum absolute atomic E-state index is 9.62. The number of pyridine rings is 1. The van der Waals surface area contributed by atoms with Crippen molar-refractivity contribution in [3.63, 3.8) is 0 Å². The minimum Gasteiger partial charge on any atom is -0.490 e. The number of fused-ring (bicyclic) bond motifs is 1. The highest BCUT2D eigenvalue weighted by atomic mass is 16.5. The largest absolute Gasteiger partial charge is 0.490 e. The molecule has 5 heteroatoms. The zero-order valence-electron chi connectivity index (χ0n) is 13.8. The molecule has 0 aliphatic carbocycles. The summed E-state index contributed by atoms with van der Waals surface area (Å²) >= 11 is 0. The normalized spacial score (nSPS) is 17.7. The Kier molecular flexibility index (Phi) is 4.86. The van der Waals surface area contributed by atoms with Gasteiger partial charge in [0.2, 0.25) is 0 Å². The van der Waals surface area contributed by atoms with Crippen LogP contribution in [-0.2, 0) is 0 Å². The molecule has 0 radical (unpaired) electrons. The number of hydrogen-bond donors (Lipinski definition) is 1. The molecule has 0 saturated carbocycles. The molecule has 2 heterocycles. The van der Waals surface area contributed by atoms with E-state index in [9.17, 15) is 5.11 Å². The maximum Gasteiger partial charge on any atom is 0.163 e. The van der Waals surface area contributed by atoms with Crippen molar-refractivity contribution in [2.75, 3.05) is 31.3 Å². The number of aromatic nitrogens is 1. The van der Waals surface area contributed by atoms with Gasteiger partial charge in [-0.2, -0.15) is 0 Å². The fourth-order valence-electron chi connectivity index (χ4n) is 3.27. The predicted octanol–water partition coefficient (Wildman–Crippen LogP) is 2.99. The number of anilines is 1. The van der Waals surface area contributed by atoms with Crippen molar-refractivity contribution >= 4 is 16.6 Å². The quantitative estimate of drug-likeness (QED) is 0.888. The highest BCUT2D eigenvalue weighted by molar-refractivity contribution is 5.94. The van der Waals surface area contributed by atoms with Crippen molar-refractivity contribution in [2.45, 2.75) is 32.7 Å². The van der Waals surface area contributed by atoms with Crippen molar-refractivity contribution in [1.29, 1.82) is 0 Å². The fraction of sp³-hybridized carbons (Fsp3) is 0.500. The highest BCUT2D eigenvalue weighted by Gasteiger charge is 2.25. The van der Waals surface area contributed by atoms with E-state index in [4.69, 9.17) is 9.47 Å². The third kappa shape index (κ3) is 3.06. The van der Waals surface area contributed by atoms with Gasteiger partial charge in [-0.3, -0.25) is 4.98 Å². The minimum atomic E-state index is 0.180. The van der Waals surface area contributed by atoms with Crippen LogP contribution in [0.2, 0.25) is 0 Å². The molecule has 5 nitrogen and oxygen atoms in total. The molecule has 1 aliphatic heterocycles. The summed E-state index contributed by atoms with van der Waals surface area (Å²) in [7, 11) is 0. The average Bonchev–Trinajstić information content (AvgIpc) is 3.04.